The first-order valence-corrected chi connectivity index (χ1v) is 7.33. The molecule has 126 valence electrons. The molecule has 3 rings (SSSR count). The van der Waals surface area contributed by atoms with Gasteiger partial charge in [0.25, 0.3) is 5.91 Å². The summed E-state index contributed by atoms with van der Waals surface area (Å²) in [7, 11) is 0. The number of rotatable bonds is 4. The largest absolute Gasteiger partial charge is 0.346 e. The quantitative estimate of drug-likeness (QED) is 0.789. The zero-order chi connectivity index (χ0) is 17.8. The van der Waals surface area contributed by atoms with Crippen LogP contribution in [0.2, 0.25) is 0 Å². The van der Waals surface area contributed by atoms with E-state index in [2.05, 4.69) is 15.3 Å². The Morgan fingerprint density at radius 2 is 1.64 bits per heavy atom. The van der Waals surface area contributed by atoms with E-state index >= 15 is 0 Å². The molecule has 0 radical (unpaired) electrons. The van der Waals surface area contributed by atoms with Crippen molar-refractivity contribution < 1.29 is 18.0 Å². The second-order valence-electron chi connectivity index (χ2n) is 5.21. The number of benzene rings is 2. The lowest BCUT2D eigenvalue weighted by Crippen LogP contribution is -2.24. The molecule has 1 amide bonds. The first-order valence-electron chi connectivity index (χ1n) is 7.33. The number of hydrogen-bond donors (Lipinski definition) is 1. The minimum absolute atomic E-state index is 0.0341. The maximum absolute atomic E-state index is 13.6. The number of hydrogen-bond acceptors (Lipinski definition) is 3. The lowest BCUT2D eigenvalue weighted by Gasteiger charge is -2.07. The topological polar surface area (TPSA) is 54.9 Å². The molecule has 1 aromatic heterocycles. The van der Waals surface area contributed by atoms with Crippen molar-refractivity contribution in [2.45, 2.75) is 6.54 Å². The highest BCUT2D eigenvalue weighted by Gasteiger charge is 2.12. The monoisotopic (exact) mass is 343 g/mol. The van der Waals surface area contributed by atoms with Crippen LogP contribution in [0.4, 0.5) is 13.2 Å². The normalized spacial score (nSPS) is 10.5. The minimum Gasteiger partial charge on any atom is -0.346 e. The molecule has 0 unspecified atom stereocenters. The van der Waals surface area contributed by atoms with Gasteiger partial charge in [-0.3, -0.25) is 4.79 Å². The van der Waals surface area contributed by atoms with Crippen molar-refractivity contribution in [1.82, 2.24) is 15.3 Å². The zero-order valence-corrected chi connectivity index (χ0v) is 12.8. The van der Waals surface area contributed by atoms with E-state index in [0.29, 0.717) is 23.0 Å². The number of aromatic nitrogens is 2. The summed E-state index contributed by atoms with van der Waals surface area (Å²) in [4.78, 5) is 20.1. The van der Waals surface area contributed by atoms with Gasteiger partial charge in [-0.15, -0.1) is 0 Å². The van der Waals surface area contributed by atoms with Crippen molar-refractivity contribution in [1.29, 1.82) is 0 Å². The van der Waals surface area contributed by atoms with Gasteiger partial charge in [0.1, 0.15) is 23.8 Å². The van der Waals surface area contributed by atoms with Gasteiger partial charge >= 0.3 is 0 Å². The first kappa shape index (κ1) is 16.6. The number of halogens is 3. The summed E-state index contributed by atoms with van der Waals surface area (Å²) >= 11 is 0. The Kier molecular flexibility index (Phi) is 4.74. The maximum Gasteiger partial charge on any atom is 0.254 e. The summed E-state index contributed by atoms with van der Waals surface area (Å²) in [5, 5.41) is 2.51. The highest BCUT2D eigenvalue weighted by molar-refractivity contribution is 5.94. The maximum atomic E-state index is 13.6. The lowest BCUT2D eigenvalue weighted by atomic mass is 10.1. The van der Waals surface area contributed by atoms with Crippen molar-refractivity contribution >= 4 is 5.91 Å². The van der Waals surface area contributed by atoms with Crippen molar-refractivity contribution in [2.24, 2.45) is 0 Å². The van der Waals surface area contributed by atoms with Gasteiger partial charge in [0.05, 0.1) is 23.5 Å². The van der Waals surface area contributed by atoms with Crippen LogP contribution in [0.5, 0.6) is 0 Å². The zero-order valence-electron chi connectivity index (χ0n) is 12.8. The van der Waals surface area contributed by atoms with Gasteiger partial charge in [-0.25, -0.2) is 23.1 Å². The second-order valence-corrected chi connectivity index (χ2v) is 5.21. The number of carbonyl (C=O) groups excluding carboxylic acids is 1. The molecular weight excluding hydrogens is 331 g/mol. The predicted octanol–water partition coefficient (Wildman–Crippen LogP) is 3.49. The van der Waals surface area contributed by atoms with Gasteiger partial charge in [0.2, 0.25) is 0 Å². The molecule has 0 bridgehead atoms. The van der Waals surface area contributed by atoms with Crippen LogP contribution in [0.25, 0.3) is 11.3 Å². The van der Waals surface area contributed by atoms with Crippen LogP contribution in [-0.4, -0.2) is 15.9 Å². The van der Waals surface area contributed by atoms with Crippen LogP contribution in [0.1, 0.15) is 16.1 Å². The molecule has 4 nitrogen and oxygen atoms in total. The van der Waals surface area contributed by atoms with Crippen molar-refractivity contribution in [3.8, 4) is 11.3 Å². The van der Waals surface area contributed by atoms with Gasteiger partial charge in [-0.05, 0) is 42.5 Å². The molecule has 1 N–H and O–H groups in total. The fourth-order valence-electron chi connectivity index (χ4n) is 2.21. The molecule has 2 aromatic carbocycles. The highest BCUT2D eigenvalue weighted by Crippen LogP contribution is 2.17. The molecule has 0 aliphatic carbocycles. The van der Waals surface area contributed by atoms with E-state index in [1.165, 1.54) is 18.5 Å². The van der Waals surface area contributed by atoms with E-state index in [0.717, 1.165) is 12.1 Å². The Balaban J connectivity index is 1.72. The Morgan fingerprint density at radius 3 is 2.36 bits per heavy atom. The van der Waals surface area contributed by atoms with E-state index in [4.69, 9.17) is 0 Å². The van der Waals surface area contributed by atoms with E-state index < -0.39 is 17.5 Å². The van der Waals surface area contributed by atoms with Crippen LogP contribution in [0.15, 0.2) is 54.9 Å². The molecule has 25 heavy (non-hydrogen) atoms. The fourth-order valence-corrected chi connectivity index (χ4v) is 2.21. The summed E-state index contributed by atoms with van der Waals surface area (Å²) in [6, 6.07) is 10.1. The van der Waals surface area contributed by atoms with Crippen LogP contribution < -0.4 is 5.32 Å². The first-order chi connectivity index (χ1) is 12.0. The van der Waals surface area contributed by atoms with E-state index in [-0.39, 0.29) is 17.9 Å². The number of carbonyl (C=O) groups is 1. The van der Waals surface area contributed by atoms with Gasteiger partial charge in [0, 0.05) is 11.6 Å². The lowest BCUT2D eigenvalue weighted by molar-refractivity contribution is 0.0946. The molecule has 7 heteroatoms. The van der Waals surface area contributed by atoms with Crippen molar-refractivity contribution in [3.05, 3.63) is 83.6 Å². The third-order valence-electron chi connectivity index (χ3n) is 3.47. The molecule has 3 aromatic rings. The Labute approximate surface area is 141 Å². The van der Waals surface area contributed by atoms with Gasteiger partial charge in [-0.1, -0.05) is 0 Å². The summed E-state index contributed by atoms with van der Waals surface area (Å²) < 4.78 is 39.4. The predicted molar refractivity (Wildman–Crippen MR) is 85.0 cm³/mol. The van der Waals surface area contributed by atoms with Crippen molar-refractivity contribution in [3.63, 3.8) is 0 Å². The summed E-state index contributed by atoms with van der Waals surface area (Å²) in [6.45, 7) is 0.0341. The number of nitrogens with zero attached hydrogens (tertiary/aromatic N) is 2. The summed E-state index contributed by atoms with van der Waals surface area (Å²) in [5.74, 6) is -2.73. The average molecular weight is 343 g/mol. The third kappa shape index (κ3) is 4.00. The van der Waals surface area contributed by atoms with E-state index in [9.17, 15) is 18.0 Å². The second kappa shape index (κ2) is 7.12. The molecule has 0 spiro atoms. The third-order valence-corrected chi connectivity index (χ3v) is 3.47. The molecule has 0 atom stereocenters. The molecule has 0 fully saturated rings. The number of nitrogens with one attached hydrogen (secondary N) is 1. The van der Waals surface area contributed by atoms with E-state index in [1.54, 1.807) is 18.2 Å². The van der Waals surface area contributed by atoms with E-state index in [1.807, 2.05) is 0 Å². The van der Waals surface area contributed by atoms with Crippen LogP contribution in [0, 0.1) is 17.5 Å². The Bertz CT molecular complexity index is 914. The fraction of sp³-hybridized carbons (Fsp3) is 0.0556. The molecule has 0 aliphatic rings. The standard InChI is InChI=1S/C18H12F3N3O/c19-12-3-1-11(2-4-12)17-8-14(23-10-24-17)9-22-18(25)15-6-5-13(20)7-16(15)21/h1-8,10H,9H2,(H,22,25). The summed E-state index contributed by atoms with van der Waals surface area (Å²) in [5.41, 5.74) is 1.49. The SMILES string of the molecule is O=C(NCc1cc(-c2ccc(F)cc2)ncn1)c1ccc(F)cc1F. The smallest absolute Gasteiger partial charge is 0.254 e. The number of amides is 1. The van der Waals surface area contributed by atoms with Crippen molar-refractivity contribution in [2.75, 3.05) is 0 Å². The van der Waals surface area contributed by atoms with Crippen LogP contribution in [-0.2, 0) is 6.54 Å². The molecular formula is C18H12F3N3O. The summed E-state index contributed by atoms with van der Waals surface area (Å²) in [6.07, 6.45) is 1.32. The van der Waals surface area contributed by atoms with Gasteiger partial charge < -0.3 is 5.32 Å². The molecule has 0 aliphatic heterocycles. The average Bonchev–Trinajstić information content (AvgIpc) is 2.60. The van der Waals surface area contributed by atoms with Gasteiger partial charge in [0.15, 0.2) is 0 Å². The molecule has 0 saturated heterocycles. The Hall–Kier alpha value is -3.22. The molecule has 1 heterocycles. The van der Waals surface area contributed by atoms with Crippen LogP contribution in [0.3, 0.4) is 0 Å². The van der Waals surface area contributed by atoms with Gasteiger partial charge in [-0.2, -0.15) is 0 Å². The Morgan fingerprint density at radius 1 is 0.920 bits per heavy atom. The highest BCUT2D eigenvalue weighted by atomic mass is 19.1. The van der Waals surface area contributed by atoms with Crippen LogP contribution >= 0.6 is 0 Å². The minimum atomic E-state index is -0.938. The molecule has 0 saturated carbocycles.